The van der Waals surface area contributed by atoms with Gasteiger partial charge in [-0.3, -0.25) is 9.78 Å². The smallest absolute Gasteiger partial charge is 0.156 e. The second kappa shape index (κ2) is 4.11. The van der Waals surface area contributed by atoms with Crippen molar-refractivity contribution < 1.29 is 4.79 Å². The van der Waals surface area contributed by atoms with Crippen LogP contribution in [0.4, 0.5) is 0 Å². The third-order valence-corrected chi connectivity index (χ3v) is 3.07. The van der Waals surface area contributed by atoms with Crippen LogP contribution in [0.5, 0.6) is 0 Å². The van der Waals surface area contributed by atoms with E-state index in [0.717, 1.165) is 24.9 Å². The normalized spacial score (nSPS) is 25.4. The van der Waals surface area contributed by atoms with E-state index in [9.17, 15) is 4.79 Å². The molecule has 80 valence electrons. The zero-order valence-corrected chi connectivity index (χ0v) is 8.99. The molecule has 1 saturated heterocycles. The van der Waals surface area contributed by atoms with Crippen LogP contribution in [-0.2, 0) is 11.2 Å². The van der Waals surface area contributed by atoms with Crippen LogP contribution < -0.4 is 5.32 Å². The standard InChI is InChI=1S/C12H16N2O/c1-12(5-3-7-14-12)11(15)8-10-4-2-6-13-9-10/h2,4,6,9,14H,3,5,7-8H2,1H3. The van der Waals surface area contributed by atoms with Gasteiger partial charge in [0.25, 0.3) is 0 Å². The summed E-state index contributed by atoms with van der Waals surface area (Å²) in [4.78, 5) is 16.1. The van der Waals surface area contributed by atoms with E-state index < -0.39 is 0 Å². The van der Waals surface area contributed by atoms with Gasteiger partial charge >= 0.3 is 0 Å². The summed E-state index contributed by atoms with van der Waals surface area (Å²) in [5.74, 6) is 0.271. The lowest BCUT2D eigenvalue weighted by molar-refractivity contribution is -0.123. The number of hydrogen-bond donors (Lipinski definition) is 1. The van der Waals surface area contributed by atoms with Crippen LogP contribution in [0.3, 0.4) is 0 Å². The summed E-state index contributed by atoms with van der Waals surface area (Å²) in [5.41, 5.74) is 0.688. The van der Waals surface area contributed by atoms with Crippen molar-refractivity contribution in [1.29, 1.82) is 0 Å². The first-order valence-electron chi connectivity index (χ1n) is 5.38. The van der Waals surface area contributed by atoms with Crippen LogP contribution in [0, 0.1) is 0 Å². The first-order chi connectivity index (χ1) is 7.21. The van der Waals surface area contributed by atoms with Gasteiger partial charge in [0, 0.05) is 18.8 Å². The predicted octanol–water partition coefficient (Wildman–Crippen LogP) is 1.34. The Morgan fingerprint density at radius 1 is 1.67 bits per heavy atom. The Morgan fingerprint density at radius 3 is 3.13 bits per heavy atom. The summed E-state index contributed by atoms with van der Waals surface area (Å²) < 4.78 is 0. The van der Waals surface area contributed by atoms with Gasteiger partial charge in [-0.1, -0.05) is 6.07 Å². The van der Waals surface area contributed by atoms with Gasteiger partial charge in [-0.25, -0.2) is 0 Å². The number of hydrogen-bond acceptors (Lipinski definition) is 3. The number of Topliss-reactive ketones (excluding diaryl/α,β-unsaturated/α-hetero) is 1. The number of carbonyl (C=O) groups excluding carboxylic acids is 1. The highest BCUT2D eigenvalue weighted by molar-refractivity contribution is 5.90. The van der Waals surface area contributed by atoms with E-state index >= 15 is 0 Å². The van der Waals surface area contributed by atoms with Crippen molar-refractivity contribution in [3.8, 4) is 0 Å². The molecule has 0 saturated carbocycles. The Kier molecular flexibility index (Phi) is 2.82. The largest absolute Gasteiger partial charge is 0.305 e. The van der Waals surface area contributed by atoms with Gasteiger partial charge in [-0.05, 0) is 37.9 Å². The lowest BCUT2D eigenvalue weighted by Crippen LogP contribution is -2.45. The van der Waals surface area contributed by atoms with Gasteiger partial charge in [0.2, 0.25) is 0 Å². The topological polar surface area (TPSA) is 42.0 Å². The van der Waals surface area contributed by atoms with Crippen molar-refractivity contribution in [2.24, 2.45) is 0 Å². The van der Waals surface area contributed by atoms with Crippen molar-refractivity contribution >= 4 is 5.78 Å². The summed E-state index contributed by atoms with van der Waals surface area (Å²) in [7, 11) is 0. The summed E-state index contributed by atoms with van der Waals surface area (Å²) in [5, 5.41) is 3.28. The van der Waals surface area contributed by atoms with E-state index in [-0.39, 0.29) is 11.3 Å². The number of rotatable bonds is 3. The Morgan fingerprint density at radius 2 is 2.53 bits per heavy atom. The summed E-state index contributed by atoms with van der Waals surface area (Å²) in [6.45, 7) is 2.95. The fraction of sp³-hybridized carbons (Fsp3) is 0.500. The lowest BCUT2D eigenvalue weighted by atomic mass is 9.91. The molecule has 15 heavy (non-hydrogen) atoms. The molecule has 2 rings (SSSR count). The molecule has 1 aromatic rings. The summed E-state index contributed by atoms with van der Waals surface area (Å²) in [6, 6.07) is 3.82. The molecular weight excluding hydrogens is 188 g/mol. The number of aromatic nitrogens is 1. The molecule has 1 unspecified atom stereocenters. The third-order valence-electron chi connectivity index (χ3n) is 3.07. The summed E-state index contributed by atoms with van der Waals surface area (Å²) in [6.07, 6.45) is 6.01. The highest BCUT2D eigenvalue weighted by Gasteiger charge is 2.35. The molecule has 3 nitrogen and oxygen atoms in total. The maximum Gasteiger partial charge on any atom is 0.156 e. The maximum atomic E-state index is 12.0. The average Bonchev–Trinajstić information content (AvgIpc) is 2.68. The van der Waals surface area contributed by atoms with Gasteiger partial charge in [0.1, 0.15) is 0 Å². The molecule has 0 bridgehead atoms. The van der Waals surface area contributed by atoms with Crippen molar-refractivity contribution in [1.82, 2.24) is 10.3 Å². The van der Waals surface area contributed by atoms with Crippen LogP contribution >= 0.6 is 0 Å². The second-order valence-electron chi connectivity index (χ2n) is 4.32. The molecule has 1 aliphatic heterocycles. The lowest BCUT2D eigenvalue weighted by Gasteiger charge is -2.22. The highest BCUT2D eigenvalue weighted by atomic mass is 16.1. The van der Waals surface area contributed by atoms with Crippen molar-refractivity contribution in [3.05, 3.63) is 30.1 Å². The molecule has 0 amide bonds. The van der Waals surface area contributed by atoms with E-state index in [2.05, 4.69) is 10.3 Å². The van der Waals surface area contributed by atoms with Crippen LogP contribution in [0.2, 0.25) is 0 Å². The molecular formula is C12H16N2O. The van der Waals surface area contributed by atoms with Gasteiger partial charge < -0.3 is 5.32 Å². The second-order valence-corrected chi connectivity index (χ2v) is 4.32. The number of ketones is 1. The van der Waals surface area contributed by atoms with E-state index in [1.807, 2.05) is 19.1 Å². The molecule has 0 spiro atoms. The fourth-order valence-corrected chi connectivity index (χ4v) is 2.02. The van der Waals surface area contributed by atoms with Crippen molar-refractivity contribution in [2.75, 3.05) is 6.54 Å². The monoisotopic (exact) mass is 204 g/mol. The molecule has 0 aliphatic carbocycles. The van der Waals surface area contributed by atoms with E-state index in [1.165, 1.54) is 0 Å². The Bertz CT molecular complexity index is 342. The van der Waals surface area contributed by atoms with E-state index in [0.29, 0.717) is 6.42 Å². The SMILES string of the molecule is CC1(C(=O)Cc2cccnc2)CCCN1. The van der Waals surface area contributed by atoms with Crippen molar-refractivity contribution in [2.45, 2.75) is 31.7 Å². The van der Waals surface area contributed by atoms with Gasteiger partial charge in [-0.15, -0.1) is 0 Å². The molecule has 1 fully saturated rings. The zero-order valence-electron chi connectivity index (χ0n) is 8.99. The van der Waals surface area contributed by atoms with Gasteiger partial charge in [0.05, 0.1) is 5.54 Å². The molecule has 0 aromatic carbocycles. The molecule has 3 heteroatoms. The average molecular weight is 204 g/mol. The Labute approximate surface area is 89.9 Å². The van der Waals surface area contributed by atoms with Crippen LogP contribution in [0.25, 0.3) is 0 Å². The summed E-state index contributed by atoms with van der Waals surface area (Å²) >= 11 is 0. The third kappa shape index (κ3) is 2.23. The molecule has 1 atom stereocenters. The first-order valence-corrected chi connectivity index (χ1v) is 5.38. The van der Waals surface area contributed by atoms with Crippen LogP contribution in [0.1, 0.15) is 25.3 Å². The van der Waals surface area contributed by atoms with Gasteiger partial charge in [0.15, 0.2) is 5.78 Å². The minimum atomic E-state index is -0.310. The van der Waals surface area contributed by atoms with Crippen molar-refractivity contribution in [3.63, 3.8) is 0 Å². The fourth-order valence-electron chi connectivity index (χ4n) is 2.02. The Hall–Kier alpha value is -1.22. The van der Waals surface area contributed by atoms with Crippen LogP contribution in [-0.4, -0.2) is 22.9 Å². The highest BCUT2D eigenvalue weighted by Crippen LogP contribution is 2.21. The number of nitrogens with zero attached hydrogens (tertiary/aromatic N) is 1. The molecule has 1 aliphatic rings. The predicted molar refractivity (Wildman–Crippen MR) is 58.6 cm³/mol. The molecule has 2 heterocycles. The molecule has 1 aromatic heterocycles. The van der Waals surface area contributed by atoms with Crippen LogP contribution in [0.15, 0.2) is 24.5 Å². The number of carbonyl (C=O) groups is 1. The zero-order chi connectivity index (χ0) is 10.7. The minimum absolute atomic E-state index is 0.271. The number of nitrogens with one attached hydrogen (secondary N) is 1. The minimum Gasteiger partial charge on any atom is -0.305 e. The number of pyridine rings is 1. The Balaban J connectivity index is 2.04. The van der Waals surface area contributed by atoms with Gasteiger partial charge in [-0.2, -0.15) is 0 Å². The van der Waals surface area contributed by atoms with E-state index in [4.69, 9.17) is 0 Å². The molecule has 1 N–H and O–H groups in total. The quantitative estimate of drug-likeness (QED) is 0.807. The molecule has 0 radical (unpaired) electrons. The van der Waals surface area contributed by atoms with E-state index in [1.54, 1.807) is 12.4 Å². The maximum absolute atomic E-state index is 12.0. The first kappa shape index (κ1) is 10.3.